The minimum absolute atomic E-state index is 0.254. The van der Waals surface area contributed by atoms with Crippen LogP contribution < -0.4 is 5.73 Å². The zero-order valence-corrected chi connectivity index (χ0v) is 11.6. The van der Waals surface area contributed by atoms with Crippen LogP contribution in [0.3, 0.4) is 0 Å². The summed E-state index contributed by atoms with van der Waals surface area (Å²) in [5.74, 6) is -0.682. The monoisotopic (exact) mass is 279 g/mol. The van der Waals surface area contributed by atoms with Gasteiger partial charge in [0.1, 0.15) is 5.82 Å². The molecule has 0 atom stereocenters. The molecule has 0 bridgehead atoms. The lowest BCUT2D eigenvalue weighted by atomic mass is 9.95. The van der Waals surface area contributed by atoms with E-state index in [4.69, 9.17) is 5.73 Å². The molecule has 0 amide bonds. The van der Waals surface area contributed by atoms with Gasteiger partial charge in [0.05, 0.1) is 0 Å². The Labute approximate surface area is 122 Å². The lowest BCUT2D eigenvalue weighted by Crippen LogP contribution is -2.07. The molecule has 3 rings (SSSR count). The van der Waals surface area contributed by atoms with Crippen molar-refractivity contribution in [2.45, 2.75) is 6.92 Å². The molecule has 2 nitrogen and oxygen atoms in total. The van der Waals surface area contributed by atoms with Gasteiger partial charge in [0.2, 0.25) is 0 Å². The van der Waals surface area contributed by atoms with E-state index in [2.05, 4.69) is 0 Å². The Morgan fingerprint density at radius 1 is 0.952 bits per heavy atom. The average molecular weight is 279 g/mol. The van der Waals surface area contributed by atoms with Gasteiger partial charge in [-0.2, -0.15) is 0 Å². The number of nitrogens with two attached hydrogens (primary N) is 1. The van der Waals surface area contributed by atoms with Crippen LogP contribution in [0.1, 0.15) is 21.5 Å². The molecule has 3 aromatic carbocycles. The molecule has 0 spiro atoms. The molecule has 0 aliphatic rings. The summed E-state index contributed by atoms with van der Waals surface area (Å²) in [6.07, 6.45) is 0. The van der Waals surface area contributed by atoms with Crippen molar-refractivity contribution in [3.63, 3.8) is 0 Å². The number of nitrogen functional groups attached to an aromatic ring is 1. The minimum atomic E-state index is -0.427. The molecular weight excluding hydrogens is 265 g/mol. The van der Waals surface area contributed by atoms with E-state index in [1.54, 1.807) is 25.1 Å². The van der Waals surface area contributed by atoms with Crippen molar-refractivity contribution in [3.05, 3.63) is 77.1 Å². The van der Waals surface area contributed by atoms with Crippen LogP contribution in [0.25, 0.3) is 10.8 Å². The van der Waals surface area contributed by atoms with Crippen LogP contribution >= 0.6 is 0 Å². The standard InChI is InChI=1S/C18H14FNO/c1-11-6-7-14(19)10-15(11)18(21)16-8-12-4-2-3-5-13(12)9-17(16)20/h2-10H,20H2,1H3. The molecule has 21 heavy (non-hydrogen) atoms. The highest BCUT2D eigenvalue weighted by Crippen LogP contribution is 2.25. The highest BCUT2D eigenvalue weighted by molar-refractivity contribution is 6.14. The maximum absolute atomic E-state index is 13.4. The topological polar surface area (TPSA) is 43.1 Å². The van der Waals surface area contributed by atoms with Crippen LogP contribution in [0.2, 0.25) is 0 Å². The first-order valence-electron chi connectivity index (χ1n) is 6.65. The minimum Gasteiger partial charge on any atom is -0.398 e. The number of fused-ring (bicyclic) bond motifs is 1. The molecule has 0 unspecified atom stereocenters. The van der Waals surface area contributed by atoms with Crippen molar-refractivity contribution in [2.24, 2.45) is 0 Å². The highest BCUT2D eigenvalue weighted by Gasteiger charge is 2.16. The molecule has 0 radical (unpaired) electrons. The predicted octanol–water partition coefficient (Wildman–Crippen LogP) is 4.10. The molecule has 3 heteroatoms. The van der Waals surface area contributed by atoms with Crippen molar-refractivity contribution >= 4 is 22.2 Å². The Morgan fingerprint density at radius 2 is 1.62 bits per heavy atom. The van der Waals surface area contributed by atoms with Gasteiger partial charge in [0, 0.05) is 16.8 Å². The van der Waals surface area contributed by atoms with Crippen LogP contribution in [0.15, 0.2) is 54.6 Å². The Morgan fingerprint density at radius 3 is 2.33 bits per heavy atom. The van der Waals surface area contributed by atoms with Gasteiger partial charge in [-0.25, -0.2) is 4.39 Å². The number of anilines is 1. The van der Waals surface area contributed by atoms with Gasteiger partial charge in [-0.3, -0.25) is 4.79 Å². The third-order valence-electron chi connectivity index (χ3n) is 3.61. The molecule has 104 valence electrons. The fourth-order valence-corrected chi connectivity index (χ4v) is 2.44. The lowest BCUT2D eigenvalue weighted by Gasteiger charge is -2.09. The third kappa shape index (κ3) is 2.38. The van der Waals surface area contributed by atoms with Crippen LogP contribution in [-0.2, 0) is 0 Å². The van der Waals surface area contributed by atoms with Gasteiger partial charge in [-0.1, -0.05) is 30.3 Å². The average Bonchev–Trinajstić information content (AvgIpc) is 2.48. The Hall–Kier alpha value is -2.68. The van der Waals surface area contributed by atoms with E-state index in [1.165, 1.54) is 12.1 Å². The number of rotatable bonds is 2. The molecule has 2 N–H and O–H groups in total. The van der Waals surface area contributed by atoms with Crippen LogP contribution in [0, 0.1) is 12.7 Å². The Balaban J connectivity index is 2.17. The van der Waals surface area contributed by atoms with Gasteiger partial charge >= 0.3 is 0 Å². The molecular formula is C18H14FNO. The summed E-state index contributed by atoms with van der Waals surface area (Å²) in [7, 11) is 0. The van der Waals surface area contributed by atoms with E-state index in [-0.39, 0.29) is 5.78 Å². The maximum Gasteiger partial charge on any atom is 0.195 e. The smallest absolute Gasteiger partial charge is 0.195 e. The molecule has 3 aromatic rings. The number of carbonyl (C=O) groups excluding carboxylic acids is 1. The first kappa shape index (κ1) is 13.3. The number of halogens is 1. The van der Waals surface area contributed by atoms with E-state index < -0.39 is 5.82 Å². The van der Waals surface area contributed by atoms with E-state index >= 15 is 0 Å². The number of aryl methyl sites for hydroxylation is 1. The number of hydrogen-bond donors (Lipinski definition) is 1. The Bertz CT molecular complexity index is 855. The van der Waals surface area contributed by atoms with Gasteiger partial charge in [0.15, 0.2) is 5.78 Å². The molecule has 0 aromatic heterocycles. The largest absolute Gasteiger partial charge is 0.398 e. The molecule has 0 heterocycles. The Kier molecular flexibility index (Phi) is 3.18. The van der Waals surface area contributed by atoms with Gasteiger partial charge in [0.25, 0.3) is 0 Å². The first-order valence-corrected chi connectivity index (χ1v) is 6.65. The quantitative estimate of drug-likeness (QED) is 0.567. The second-order valence-corrected chi connectivity index (χ2v) is 5.07. The predicted molar refractivity (Wildman–Crippen MR) is 82.9 cm³/mol. The summed E-state index contributed by atoms with van der Waals surface area (Å²) in [4.78, 5) is 12.6. The zero-order valence-electron chi connectivity index (χ0n) is 11.6. The van der Waals surface area contributed by atoms with Gasteiger partial charge < -0.3 is 5.73 Å². The van der Waals surface area contributed by atoms with Gasteiger partial charge in [-0.15, -0.1) is 0 Å². The van der Waals surface area contributed by atoms with Crippen molar-refractivity contribution in [1.82, 2.24) is 0 Å². The molecule has 0 saturated heterocycles. The third-order valence-corrected chi connectivity index (χ3v) is 3.61. The normalized spacial score (nSPS) is 10.8. The molecule has 0 fully saturated rings. The molecule has 0 aliphatic heterocycles. The van der Waals surface area contributed by atoms with Crippen molar-refractivity contribution in [2.75, 3.05) is 5.73 Å². The van der Waals surface area contributed by atoms with E-state index in [0.717, 1.165) is 16.3 Å². The number of hydrogen-bond acceptors (Lipinski definition) is 2. The summed E-state index contributed by atoms with van der Waals surface area (Å²) in [5, 5.41) is 1.91. The fraction of sp³-hybridized carbons (Fsp3) is 0.0556. The SMILES string of the molecule is Cc1ccc(F)cc1C(=O)c1cc2ccccc2cc1N. The van der Waals surface area contributed by atoms with Gasteiger partial charge in [-0.05, 0) is 47.5 Å². The summed E-state index contributed by atoms with van der Waals surface area (Å²) in [6, 6.07) is 15.4. The fourth-order valence-electron chi connectivity index (χ4n) is 2.44. The van der Waals surface area contributed by atoms with E-state index in [0.29, 0.717) is 16.8 Å². The number of carbonyl (C=O) groups is 1. The summed E-state index contributed by atoms with van der Waals surface area (Å²) in [5.41, 5.74) is 7.88. The lowest BCUT2D eigenvalue weighted by molar-refractivity contribution is 0.103. The zero-order chi connectivity index (χ0) is 15.0. The van der Waals surface area contributed by atoms with Crippen molar-refractivity contribution in [1.29, 1.82) is 0 Å². The van der Waals surface area contributed by atoms with Crippen LogP contribution in [-0.4, -0.2) is 5.78 Å². The highest BCUT2D eigenvalue weighted by atomic mass is 19.1. The molecule has 0 saturated carbocycles. The van der Waals surface area contributed by atoms with Crippen molar-refractivity contribution < 1.29 is 9.18 Å². The second-order valence-electron chi connectivity index (χ2n) is 5.07. The maximum atomic E-state index is 13.4. The van der Waals surface area contributed by atoms with Crippen LogP contribution in [0.4, 0.5) is 10.1 Å². The summed E-state index contributed by atoms with van der Waals surface area (Å²) in [6.45, 7) is 1.78. The molecule has 0 aliphatic carbocycles. The van der Waals surface area contributed by atoms with Crippen LogP contribution in [0.5, 0.6) is 0 Å². The second kappa shape index (κ2) is 5.02. The number of benzene rings is 3. The first-order chi connectivity index (χ1) is 10.1. The summed E-state index contributed by atoms with van der Waals surface area (Å²) >= 11 is 0. The van der Waals surface area contributed by atoms with E-state index in [1.807, 2.05) is 24.3 Å². The summed E-state index contributed by atoms with van der Waals surface area (Å²) < 4.78 is 13.4. The van der Waals surface area contributed by atoms with Crippen molar-refractivity contribution in [3.8, 4) is 0 Å². The van der Waals surface area contributed by atoms with E-state index in [9.17, 15) is 9.18 Å². The number of ketones is 1.